The van der Waals surface area contributed by atoms with E-state index in [1.165, 1.54) is 22.7 Å². The van der Waals surface area contributed by atoms with Gasteiger partial charge in [0.2, 0.25) is 0 Å². The first-order valence-electron chi connectivity index (χ1n) is 5.77. The highest BCUT2D eigenvalue weighted by atomic mass is 35.5. The van der Waals surface area contributed by atoms with Crippen molar-refractivity contribution in [3.05, 3.63) is 62.0 Å². The maximum absolute atomic E-state index is 12.6. The highest BCUT2D eigenvalue weighted by molar-refractivity contribution is 7.14. The molecule has 0 fully saturated rings. The van der Waals surface area contributed by atoms with Crippen LogP contribution in [0.5, 0.6) is 0 Å². The molecule has 0 saturated carbocycles. The number of allylic oxidation sites excluding steroid dienone is 1. The summed E-state index contributed by atoms with van der Waals surface area (Å²) in [5, 5.41) is 5.60. The third-order valence-corrected chi connectivity index (χ3v) is 4.61. The van der Waals surface area contributed by atoms with Gasteiger partial charge >= 0.3 is 0 Å². The first-order chi connectivity index (χ1) is 9.75. The van der Waals surface area contributed by atoms with Crippen LogP contribution in [-0.4, -0.2) is 15.8 Å². The molecule has 0 saturated heterocycles. The van der Waals surface area contributed by atoms with E-state index in [2.05, 4.69) is 9.97 Å². The predicted octanol–water partition coefficient (Wildman–Crippen LogP) is 4.61. The lowest BCUT2D eigenvalue weighted by Crippen LogP contribution is -2.03. The molecule has 1 N–H and O–H groups in total. The van der Waals surface area contributed by atoms with Crippen molar-refractivity contribution < 1.29 is 4.79 Å². The molecule has 0 aliphatic heterocycles. The van der Waals surface area contributed by atoms with Gasteiger partial charge in [0.15, 0.2) is 5.78 Å². The number of hydrogen-bond donors (Lipinski definition) is 1. The lowest BCUT2D eigenvalue weighted by Gasteiger charge is -2.02. The Labute approximate surface area is 128 Å². The van der Waals surface area contributed by atoms with E-state index in [1.54, 1.807) is 24.5 Å². The second-order valence-corrected chi connectivity index (χ2v) is 6.28. The second kappa shape index (κ2) is 5.75. The van der Waals surface area contributed by atoms with Crippen molar-refractivity contribution in [3.63, 3.8) is 0 Å². The summed E-state index contributed by atoms with van der Waals surface area (Å²) < 4.78 is 0.659. The Kier molecular flexibility index (Phi) is 3.82. The molecule has 3 rings (SSSR count). The minimum Gasteiger partial charge on any atom is -0.345 e. The Morgan fingerprint density at radius 1 is 1.35 bits per heavy atom. The molecule has 0 amide bonds. The average molecular weight is 321 g/mol. The molecule has 0 aliphatic rings. The van der Waals surface area contributed by atoms with E-state index < -0.39 is 0 Å². The Morgan fingerprint density at radius 2 is 2.25 bits per heavy atom. The molecular weight excluding hydrogens is 312 g/mol. The summed E-state index contributed by atoms with van der Waals surface area (Å²) >= 11 is 9.03. The Bertz CT molecular complexity index is 742. The minimum atomic E-state index is -0.0662. The Hall–Kier alpha value is -1.69. The van der Waals surface area contributed by atoms with Crippen LogP contribution in [0.2, 0.25) is 4.34 Å². The number of carbonyl (C=O) groups is 1. The zero-order chi connectivity index (χ0) is 13.9. The van der Waals surface area contributed by atoms with Gasteiger partial charge in [-0.15, -0.1) is 11.3 Å². The van der Waals surface area contributed by atoms with Gasteiger partial charge in [-0.25, -0.2) is 4.98 Å². The monoisotopic (exact) mass is 320 g/mol. The number of aromatic amines is 1. The van der Waals surface area contributed by atoms with Gasteiger partial charge in [-0.05, 0) is 29.0 Å². The number of imidazole rings is 1. The molecule has 0 aromatic carbocycles. The Balaban J connectivity index is 2.08. The van der Waals surface area contributed by atoms with Gasteiger partial charge in [0.05, 0.1) is 5.57 Å². The molecule has 20 heavy (non-hydrogen) atoms. The van der Waals surface area contributed by atoms with E-state index in [0.29, 0.717) is 21.3 Å². The molecule has 0 unspecified atom stereocenters. The lowest BCUT2D eigenvalue weighted by molar-refractivity contribution is 0.105. The van der Waals surface area contributed by atoms with Crippen LogP contribution in [0.4, 0.5) is 0 Å². The number of nitrogens with zero attached hydrogens (tertiary/aromatic N) is 1. The van der Waals surface area contributed by atoms with Crippen molar-refractivity contribution >= 4 is 51.7 Å². The summed E-state index contributed by atoms with van der Waals surface area (Å²) in [6, 6.07) is 3.69. The summed E-state index contributed by atoms with van der Waals surface area (Å²) in [5.74, 6) is 0.479. The number of H-pyrrole nitrogens is 1. The van der Waals surface area contributed by atoms with Crippen LogP contribution in [-0.2, 0) is 0 Å². The van der Waals surface area contributed by atoms with Gasteiger partial charge in [-0.1, -0.05) is 11.6 Å². The molecule has 3 nitrogen and oxygen atoms in total. The quantitative estimate of drug-likeness (QED) is 0.563. The summed E-state index contributed by atoms with van der Waals surface area (Å²) in [6.45, 7) is 0. The summed E-state index contributed by atoms with van der Waals surface area (Å²) in [4.78, 5) is 19.7. The van der Waals surface area contributed by atoms with Crippen molar-refractivity contribution in [1.29, 1.82) is 0 Å². The normalized spacial score (nSPS) is 11.8. The van der Waals surface area contributed by atoms with E-state index in [9.17, 15) is 4.79 Å². The number of halogens is 1. The minimum absolute atomic E-state index is 0.0662. The van der Waals surface area contributed by atoms with Crippen LogP contribution in [0.3, 0.4) is 0 Å². The van der Waals surface area contributed by atoms with Crippen LogP contribution in [0.1, 0.15) is 21.7 Å². The fraction of sp³-hybridized carbons (Fsp3) is 0. The number of aromatic nitrogens is 2. The number of rotatable bonds is 4. The number of ketones is 1. The van der Waals surface area contributed by atoms with Crippen molar-refractivity contribution in [2.45, 2.75) is 0 Å². The number of nitrogens with one attached hydrogen (secondary N) is 1. The zero-order valence-electron chi connectivity index (χ0n) is 10.2. The van der Waals surface area contributed by atoms with E-state index in [0.717, 1.165) is 5.56 Å². The van der Waals surface area contributed by atoms with Crippen LogP contribution >= 0.6 is 34.3 Å². The number of carbonyl (C=O) groups excluding carboxylic acids is 1. The lowest BCUT2D eigenvalue weighted by atomic mass is 10.0. The van der Waals surface area contributed by atoms with Crippen LogP contribution in [0.15, 0.2) is 40.7 Å². The zero-order valence-corrected chi connectivity index (χ0v) is 12.6. The smallest absolute Gasteiger partial charge is 0.197 e. The molecule has 0 bridgehead atoms. The molecule has 0 atom stereocenters. The first kappa shape index (κ1) is 13.3. The molecule has 0 spiro atoms. The van der Waals surface area contributed by atoms with E-state index in [4.69, 9.17) is 11.6 Å². The SMILES string of the molecule is O=C(/C(=C/c1ccsc1Cl)c1ncc[nH]1)c1ccsc1. The summed E-state index contributed by atoms with van der Waals surface area (Å²) in [5.41, 5.74) is 1.99. The summed E-state index contributed by atoms with van der Waals surface area (Å²) in [6.07, 6.45) is 5.09. The molecule has 6 heteroatoms. The van der Waals surface area contributed by atoms with Gasteiger partial charge in [0.1, 0.15) is 10.2 Å². The number of Topliss-reactive ketones (excluding diaryl/α,β-unsaturated/α-hetero) is 1. The van der Waals surface area contributed by atoms with Crippen molar-refractivity contribution in [2.24, 2.45) is 0 Å². The van der Waals surface area contributed by atoms with Crippen LogP contribution in [0, 0.1) is 0 Å². The van der Waals surface area contributed by atoms with Crippen LogP contribution < -0.4 is 0 Å². The Morgan fingerprint density at radius 3 is 2.85 bits per heavy atom. The molecule has 0 aliphatic carbocycles. The molecule has 3 aromatic rings. The third kappa shape index (κ3) is 2.60. The van der Waals surface area contributed by atoms with Gasteiger partial charge in [0, 0.05) is 28.9 Å². The second-order valence-electron chi connectivity index (χ2n) is 3.99. The van der Waals surface area contributed by atoms with E-state index in [1.807, 2.05) is 22.2 Å². The standard InChI is InChI=1S/C14H9ClN2OS2/c15-13-9(2-6-20-13)7-11(14-16-3-4-17-14)12(18)10-1-5-19-8-10/h1-8H,(H,16,17)/b11-7-. The van der Waals surface area contributed by atoms with Crippen molar-refractivity contribution in [3.8, 4) is 0 Å². The fourth-order valence-corrected chi connectivity index (χ4v) is 3.27. The van der Waals surface area contributed by atoms with Crippen molar-refractivity contribution in [1.82, 2.24) is 9.97 Å². The van der Waals surface area contributed by atoms with E-state index >= 15 is 0 Å². The van der Waals surface area contributed by atoms with Gasteiger partial charge in [0.25, 0.3) is 0 Å². The van der Waals surface area contributed by atoms with Crippen LogP contribution in [0.25, 0.3) is 11.6 Å². The van der Waals surface area contributed by atoms with Gasteiger partial charge in [-0.3, -0.25) is 4.79 Å². The predicted molar refractivity (Wildman–Crippen MR) is 84.4 cm³/mol. The molecule has 100 valence electrons. The van der Waals surface area contributed by atoms with Gasteiger partial charge in [-0.2, -0.15) is 11.3 Å². The first-order valence-corrected chi connectivity index (χ1v) is 7.97. The molecule has 0 radical (unpaired) electrons. The van der Waals surface area contributed by atoms with Crippen molar-refractivity contribution in [2.75, 3.05) is 0 Å². The average Bonchev–Trinajstić information content (AvgIpc) is 3.18. The largest absolute Gasteiger partial charge is 0.345 e. The maximum Gasteiger partial charge on any atom is 0.197 e. The fourth-order valence-electron chi connectivity index (χ4n) is 1.76. The summed E-state index contributed by atoms with van der Waals surface area (Å²) in [7, 11) is 0. The maximum atomic E-state index is 12.6. The molecule has 3 aromatic heterocycles. The topological polar surface area (TPSA) is 45.8 Å². The van der Waals surface area contributed by atoms with Gasteiger partial charge < -0.3 is 4.98 Å². The highest BCUT2D eigenvalue weighted by Crippen LogP contribution is 2.28. The molecule has 3 heterocycles. The molecular formula is C14H9ClN2OS2. The number of thiophene rings is 2. The highest BCUT2D eigenvalue weighted by Gasteiger charge is 2.17. The number of hydrogen-bond acceptors (Lipinski definition) is 4. The van der Waals surface area contributed by atoms with E-state index in [-0.39, 0.29) is 5.78 Å². The third-order valence-electron chi connectivity index (χ3n) is 2.73.